The Balaban J connectivity index is 0.00000210. The van der Waals surface area contributed by atoms with E-state index in [0.29, 0.717) is 5.41 Å². The van der Waals surface area contributed by atoms with E-state index >= 15 is 0 Å². The highest BCUT2D eigenvalue weighted by Gasteiger charge is 2.43. The van der Waals surface area contributed by atoms with Crippen molar-refractivity contribution in [1.29, 1.82) is 0 Å². The van der Waals surface area contributed by atoms with Crippen molar-refractivity contribution in [3.8, 4) is 0 Å². The van der Waals surface area contributed by atoms with Gasteiger partial charge in [0.15, 0.2) is 5.96 Å². The highest BCUT2D eigenvalue weighted by atomic mass is 127. The van der Waals surface area contributed by atoms with Crippen LogP contribution in [0, 0.1) is 5.41 Å². The van der Waals surface area contributed by atoms with Gasteiger partial charge in [0.25, 0.3) is 0 Å². The Morgan fingerprint density at radius 2 is 2.19 bits per heavy atom. The predicted molar refractivity (Wildman–Crippen MR) is 120 cm³/mol. The highest BCUT2D eigenvalue weighted by Crippen LogP contribution is 2.47. The van der Waals surface area contributed by atoms with Crippen LogP contribution in [0.15, 0.2) is 23.3 Å². The molecule has 7 heteroatoms. The molecule has 1 aromatic rings. The number of nitrogens with zero attached hydrogens (tertiary/aromatic N) is 4. The molecular weight excluding hydrogens is 453 g/mol. The van der Waals surface area contributed by atoms with Crippen LogP contribution in [0.4, 0.5) is 5.82 Å². The van der Waals surface area contributed by atoms with Gasteiger partial charge in [-0.15, -0.1) is 24.0 Å². The van der Waals surface area contributed by atoms with Crippen molar-refractivity contribution in [2.75, 3.05) is 44.7 Å². The molecule has 150 valence electrons. The number of aliphatic imine (C=N–C) groups is 1. The van der Waals surface area contributed by atoms with Crippen molar-refractivity contribution in [2.24, 2.45) is 10.4 Å². The minimum atomic E-state index is 0. The maximum atomic E-state index is 5.61. The second-order valence-electron chi connectivity index (χ2n) is 8.08. The smallest absolute Gasteiger partial charge is 0.193 e. The molecular formula is C20H32IN5O. The SMILES string of the molecule is CN=C(NCc1ccc(N2CCOC(C)C2)nc1)N1CCC2(CCC2)C1.I. The molecule has 1 atom stereocenters. The van der Waals surface area contributed by atoms with Gasteiger partial charge in [-0.25, -0.2) is 4.98 Å². The maximum absolute atomic E-state index is 5.61. The van der Waals surface area contributed by atoms with Crippen LogP contribution in [0.2, 0.25) is 0 Å². The largest absolute Gasteiger partial charge is 0.375 e. The zero-order chi connectivity index (χ0) is 18.0. The van der Waals surface area contributed by atoms with Crippen LogP contribution < -0.4 is 10.2 Å². The van der Waals surface area contributed by atoms with Gasteiger partial charge in [0, 0.05) is 46.0 Å². The molecule has 1 aliphatic carbocycles. The first-order valence-corrected chi connectivity index (χ1v) is 9.95. The van der Waals surface area contributed by atoms with E-state index in [1.807, 2.05) is 13.2 Å². The van der Waals surface area contributed by atoms with E-state index in [0.717, 1.165) is 44.6 Å². The molecule has 0 aromatic carbocycles. The Labute approximate surface area is 179 Å². The van der Waals surface area contributed by atoms with Gasteiger partial charge in [-0.1, -0.05) is 12.5 Å². The molecule has 2 saturated heterocycles. The van der Waals surface area contributed by atoms with Crippen molar-refractivity contribution in [2.45, 2.75) is 45.3 Å². The third-order valence-electron chi connectivity index (χ3n) is 6.19. The van der Waals surface area contributed by atoms with Crippen LogP contribution in [0.25, 0.3) is 0 Å². The summed E-state index contributed by atoms with van der Waals surface area (Å²) in [7, 11) is 1.88. The summed E-state index contributed by atoms with van der Waals surface area (Å²) >= 11 is 0. The molecule has 3 fully saturated rings. The van der Waals surface area contributed by atoms with Gasteiger partial charge in [0.2, 0.25) is 0 Å². The van der Waals surface area contributed by atoms with Gasteiger partial charge in [-0.05, 0) is 43.2 Å². The van der Waals surface area contributed by atoms with Gasteiger partial charge < -0.3 is 19.9 Å². The summed E-state index contributed by atoms with van der Waals surface area (Å²) in [6, 6.07) is 4.29. The van der Waals surface area contributed by atoms with Crippen molar-refractivity contribution < 1.29 is 4.74 Å². The quantitative estimate of drug-likeness (QED) is 0.406. The van der Waals surface area contributed by atoms with Crippen LogP contribution in [0.1, 0.15) is 38.2 Å². The van der Waals surface area contributed by atoms with E-state index in [1.165, 1.54) is 37.8 Å². The number of hydrogen-bond acceptors (Lipinski definition) is 4. The third kappa shape index (κ3) is 4.67. The Kier molecular flexibility index (Phi) is 6.83. The van der Waals surface area contributed by atoms with Crippen LogP contribution >= 0.6 is 24.0 Å². The lowest BCUT2D eigenvalue weighted by molar-refractivity contribution is 0.0529. The zero-order valence-corrected chi connectivity index (χ0v) is 18.8. The zero-order valence-electron chi connectivity index (χ0n) is 16.5. The van der Waals surface area contributed by atoms with Crippen molar-refractivity contribution in [1.82, 2.24) is 15.2 Å². The van der Waals surface area contributed by atoms with Crippen molar-refractivity contribution in [3.63, 3.8) is 0 Å². The van der Waals surface area contributed by atoms with E-state index in [9.17, 15) is 0 Å². The Morgan fingerprint density at radius 1 is 1.33 bits per heavy atom. The predicted octanol–water partition coefficient (Wildman–Crippen LogP) is 2.88. The van der Waals surface area contributed by atoms with Crippen LogP contribution in [0.3, 0.4) is 0 Å². The summed E-state index contributed by atoms with van der Waals surface area (Å²) < 4.78 is 5.61. The van der Waals surface area contributed by atoms with Crippen LogP contribution in [0.5, 0.6) is 0 Å². The van der Waals surface area contributed by atoms with Crippen molar-refractivity contribution >= 4 is 35.8 Å². The number of pyridine rings is 1. The molecule has 27 heavy (non-hydrogen) atoms. The number of rotatable bonds is 3. The number of anilines is 1. The number of ether oxygens (including phenoxy) is 1. The minimum absolute atomic E-state index is 0. The van der Waals surface area contributed by atoms with Crippen LogP contribution in [-0.2, 0) is 11.3 Å². The van der Waals surface area contributed by atoms with Crippen LogP contribution in [-0.4, -0.2) is 61.8 Å². The van der Waals surface area contributed by atoms with E-state index in [1.54, 1.807) is 0 Å². The van der Waals surface area contributed by atoms with Gasteiger partial charge in [-0.2, -0.15) is 0 Å². The third-order valence-corrected chi connectivity index (χ3v) is 6.19. The minimum Gasteiger partial charge on any atom is -0.375 e. The molecule has 4 rings (SSSR count). The molecule has 0 bridgehead atoms. The number of nitrogens with one attached hydrogen (secondary N) is 1. The summed E-state index contributed by atoms with van der Waals surface area (Å²) in [6.45, 7) is 7.78. The fourth-order valence-electron chi connectivity index (χ4n) is 4.45. The molecule has 6 nitrogen and oxygen atoms in total. The van der Waals surface area contributed by atoms with E-state index in [2.05, 4.69) is 44.1 Å². The molecule has 1 saturated carbocycles. The molecule has 2 aliphatic heterocycles. The lowest BCUT2D eigenvalue weighted by Gasteiger charge is -2.38. The summed E-state index contributed by atoms with van der Waals surface area (Å²) in [5.74, 6) is 2.07. The van der Waals surface area contributed by atoms with Crippen molar-refractivity contribution in [3.05, 3.63) is 23.9 Å². The van der Waals surface area contributed by atoms with Gasteiger partial charge >= 0.3 is 0 Å². The number of hydrogen-bond donors (Lipinski definition) is 1. The number of morpholine rings is 1. The molecule has 1 unspecified atom stereocenters. The number of aromatic nitrogens is 1. The fourth-order valence-corrected chi connectivity index (χ4v) is 4.45. The summed E-state index contributed by atoms with van der Waals surface area (Å²) in [5.41, 5.74) is 1.78. The molecule has 3 aliphatic rings. The maximum Gasteiger partial charge on any atom is 0.193 e. The number of halogens is 1. The molecule has 1 N–H and O–H groups in total. The summed E-state index contributed by atoms with van der Waals surface area (Å²) in [5, 5.41) is 3.52. The van der Waals surface area contributed by atoms with E-state index in [-0.39, 0.29) is 30.1 Å². The normalized spacial score (nSPS) is 24.5. The van der Waals surface area contributed by atoms with Gasteiger partial charge in [0.05, 0.1) is 12.7 Å². The lowest BCUT2D eigenvalue weighted by Crippen LogP contribution is -2.42. The monoisotopic (exact) mass is 485 g/mol. The average molecular weight is 485 g/mol. The number of likely N-dealkylation sites (tertiary alicyclic amines) is 1. The average Bonchev–Trinajstić information content (AvgIpc) is 3.09. The fraction of sp³-hybridized carbons (Fsp3) is 0.700. The number of guanidine groups is 1. The van der Waals surface area contributed by atoms with E-state index < -0.39 is 0 Å². The molecule has 0 radical (unpaired) electrons. The first kappa shape index (κ1) is 20.6. The molecule has 3 heterocycles. The summed E-state index contributed by atoms with van der Waals surface area (Å²) in [6.07, 6.45) is 7.77. The molecule has 1 aromatic heterocycles. The summed E-state index contributed by atoms with van der Waals surface area (Å²) in [4.78, 5) is 13.9. The lowest BCUT2D eigenvalue weighted by atomic mass is 9.68. The Hall–Kier alpha value is -1.09. The van der Waals surface area contributed by atoms with Gasteiger partial charge in [-0.3, -0.25) is 4.99 Å². The second-order valence-corrected chi connectivity index (χ2v) is 8.08. The second kappa shape index (κ2) is 8.94. The molecule has 0 amide bonds. The standard InChI is InChI=1S/C20H31N5O.HI/c1-16-14-24(10-11-26-16)18-5-4-17(12-22-18)13-23-19(21-2)25-9-8-20(15-25)6-3-7-20;/h4-5,12,16H,3,6-11,13-15H2,1-2H3,(H,21,23);1H. The Morgan fingerprint density at radius 3 is 2.78 bits per heavy atom. The highest BCUT2D eigenvalue weighted by molar-refractivity contribution is 14.0. The van der Waals surface area contributed by atoms with Gasteiger partial charge in [0.1, 0.15) is 5.82 Å². The van der Waals surface area contributed by atoms with E-state index in [4.69, 9.17) is 4.74 Å². The topological polar surface area (TPSA) is 53.0 Å². The first-order valence-electron chi connectivity index (χ1n) is 9.95. The molecule has 1 spiro atoms. The first-order chi connectivity index (χ1) is 12.7. The Bertz CT molecular complexity index is 646.